The van der Waals surface area contributed by atoms with Crippen LogP contribution in [0.15, 0.2) is 0 Å². The van der Waals surface area contributed by atoms with Gasteiger partial charge in [-0.15, -0.1) is 0 Å². The minimum absolute atomic E-state index is 0. The second kappa shape index (κ2) is 6.82. The molecule has 0 aliphatic carbocycles. The van der Waals surface area contributed by atoms with E-state index in [2.05, 4.69) is 0 Å². The van der Waals surface area contributed by atoms with Crippen LogP contribution < -0.4 is 0 Å². The fourth-order valence-corrected chi connectivity index (χ4v) is 0. The molecule has 11 heavy (non-hydrogen) atoms. The molecule has 1 radical (unpaired) electrons. The van der Waals surface area contributed by atoms with E-state index in [0.717, 1.165) is 0 Å². The Morgan fingerprint density at radius 3 is 0.455 bits per heavy atom. The minimum Gasteiger partial charge on any atom is -0.368 e. The summed E-state index contributed by atoms with van der Waals surface area (Å²) in [6.07, 6.45) is 0. The Hall–Kier alpha value is 1.35. The molecule has 0 saturated heterocycles. The van der Waals surface area contributed by atoms with Gasteiger partial charge in [0.25, 0.3) is 0 Å². The van der Waals surface area contributed by atoms with E-state index in [1.54, 1.807) is 0 Å². The zero-order valence-electron chi connectivity index (χ0n) is 4.86. The predicted octanol–water partition coefficient (Wildman–Crippen LogP) is -5.22. The number of hydrogen-bond acceptors (Lipinski definition) is 8. The van der Waals surface area contributed by atoms with E-state index in [0.29, 0.717) is 0 Å². The summed E-state index contributed by atoms with van der Waals surface area (Å²) in [6.45, 7) is 0. The van der Waals surface area contributed by atoms with Crippen LogP contribution in [0.1, 0.15) is 0 Å². The molecule has 0 atom stereocenters. The minimum atomic E-state index is -4.61. The van der Waals surface area contributed by atoms with Gasteiger partial charge in [-0.25, -0.2) is 0 Å². The second-order valence-corrected chi connectivity index (χ2v) is 3.60. The zero-order valence-corrected chi connectivity index (χ0v) is 8.63. The van der Waals surface area contributed by atoms with Gasteiger partial charge in [0, 0.05) is 36.9 Å². The van der Waals surface area contributed by atoms with E-state index < -0.39 is 18.1 Å². The first-order valence-corrected chi connectivity index (χ1v) is 5.37. The largest absolute Gasteiger partial charge is 0.668 e. The van der Waals surface area contributed by atoms with E-state index in [1.165, 1.54) is 0 Å². The summed E-state index contributed by atoms with van der Waals surface area (Å²) in [5, 5.41) is 0. The molecule has 0 aromatic rings. The van der Waals surface area contributed by atoms with Crippen molar-refractivity contribution in [3.05, 3.63) is 0 Å². The van der Waals surface area contributed by atoms with Gasteiger partial charge in [-0.3, -0.25) is 0 Å². The van der Waals surface area contributed by atoms with Crippen LogP contribution in [-0.2, 0) is 0 Å². The average molecular weight is 361 g/mol. The standard InChI is InChI=1S/2H4O4Si.Tm/c2*1-5(2,3)4;/h2*1-4H;. The molecule has 0 unspecified atom stereocenters. The molecule has 0 aliphatic rings. The summed E-state index contributed by atoms with van der Waals surface area (Å²) in [4.78, 5) is 58.6. The zero-order chi connectivity index (χ0) is 9.00. The van der Waals surface area contributed by atoms with Crippen LogP contribution in [0.2, 0.25) is 0 Å². The van der Waals surface area contributed by atoms with Crippen LogP contribution in [0, 0.1) is 36.9 Å². The summed E-state index contributed by atoms with van der Waals surface area (Å²) in [7, 11) is -9.22. The maximum absolute atomic E-state index is 7.33. The van der Waals surface area contributed by atoms with Gasteiger partial charge in [-0.05, 0) is 0 Å². The molecule has 0 aromatic heterocycles. The first-order valence-electron chi connectivity index (χ1n) is 1.79. The average Bonchev–Trinajstić information content (AvgIpc) is 1.12. The van der Waals surface area contributed by atoms with E-state index in [9.17, 15) is 0 Å². The molecule has 0 bridgehead atoms. The van der Waals surface area contributed by atoms with Crippen LogP contribution in [0.3, 0.4) is 0 Å². The van der Waals surface area contributed by atoms with E-state index in [1.807, 2.05) is 0 Å². The van der Waals surface area contributed by atoms with E-state index >= 15 is 0 Å². The van der Waals surface area contributed by atoms with Crippen LogP contribution in [0.4, 0.5) is 0 Å². The summed E-state index contributed by atoms with van der Waals surface area (Å²) in [6, 6.07) is 0. The summed E-state index contributed by atoms with van der Waals surface area (Å²) >= 11 is 0. The molecule has 0 amide bonds. The van der Waals surface area contributed by atoms with Crippen LogP contribution in [0.5, 0.6) is 0 Å². The fourth-order valence-electron chi connectivity index (χ4n) is 0. The third-order valence-corrected chi connectivity index (χ3v) is 0. The normalized spacial score (nSPS) is 10.9. The van der Waals surface area contributed by atoms with Crippen LogP contribution in [-0.4, -0.2) is 56.5 Å². The summed E-state index contributed by atoms with van der Waals surface area (Å²) in [5.41, 5.74) is 0. The Morgan fingerprint density at radius 1 is 0.455 bits per heavy atom. The first kappa shape index (κ1) is 18.2. The monoisotopic (exact) mass is 361 g/mol. The Bertz CT molecular complexity index is 55.1. The molecule has 0 rings (SSSR count). The maximum atomic E-state index is 7.33. The first-order chi connectivity index (χ1) is 4.00. The van der Waals surface area contributed by atoms with Gasteiger partial charge < -0.3 is 38.4 Å². The number of hydrogen-bond donors (Lipinski definition) is 8. The quantitative estimate of drug-likeness (QED) is 0.199. The van der Waals surface area contributed by atoms with Crippen molar-refractivity contribution >= 4 is 18.1 Å². The third-order valence-electron chi connectivity index (χ3n) is 0. The topological polar surface area (TPSA) is 162 Å². The molecule has 77 valence electrons. The van der Waals surface area contributed by atoms with Crippen molar-refractivity contribution < 1.29 is 75.2 Å². The molecule has 0 spiro atoms. The van der Waals surface area contributed by atoms with Gasteiger partial charge in [0.2, 0.25) is 0 Å². The van der Waals surface area contributed by atoms with E-state index in [-0.39, 0.29) is 36.9 Å². The molecule has 8 N–H and O–H groups in total. The van der Waals surface area contributed by atoms with Gasteiger partial charge in [0.15, 0.2) is 0 Å². The van der Waals surface area contributed by atoms with E-state index in [4.69, 9.17) is 38.4 Å². The van der Waals surface area contributed by atoms with Gasteiger partial charge in [0.05, 0.1) is 0 Å². The molecular weight excluding hydrogens is 353 g/mol. The van der Waals surface area contributed by atoms with Crippen molar-refractivity contribution in [3.8, 4) is 0 Å². The SMILES string of the molecule is O[Si](O)(O)O.O[Si](O)(O)O.[Tm]. The fraction of sp³-hybridized carbons (Fsp3) is 0. The van der Waals surface area contributed by atoms with Crippen LogP contribution >= 0.6 is 0 Å². The number of rotatable bonds is 0. The Morgan fingerprint density at radius 2 is 0.455 bits per heavy atom. The van der Waals surface area contributed by atoms with Crippen molar-refractivity contribution in [2.75, 3.05) is 0 Å². The molecular formula is H8O8Si2Tm. The van der Waals surface area contributed by atoms with Crippen molar-refractivity contribution in [3.63, 3.8) is 0 Å². The van der Waals surface area contributed by atoms with Gasteiger partial charge in [-0.1, -0.05) is 0 Å². The molecule has 0 heterocycles. The molecule has 11 heteroatoms. The molecule has 0 aliphatic heterocycles. The Labute approximate surface area is 92.8 Å². The molecule has 0 aromatic carbocycles. The second-order valence-electron chi connectivity index (χ2n) is 1.20. The summed E-state index contributed by atoms with van der Waals surface area (Å²) in [5.74, 6) is 0. The van der Waals surface area contributed by atoms with Crippen molar-refractivity contribution in [1.29, 1.82) is 0 Å². The van der Waals surface area contributed by atoms with Gasteiger partial charge in [-0.2, -0.15) is 0 Å². The van der Waals surface area contributed by atoms with Gasteiger partial charge >= 0.3 is 18.1 Å². The molecule has 0 saturated carbocycles. The third kappa shape index (κ3) is 546. The van der Waals surface area contributed by atoms with Crippen molar-refractivity contribution in [2.24, 2.45) is 0 Å². The Balaban J connectivity index is -0.000000107. The van der Waals surface area contributed by atoms with Gasteiger partial charge in [0.1, 0.15) is 0 Å². The maximum Gasteiger partial charge on any atom is 0.668 e. The molecule has 8 nitrogen and oxygen atoms in total. The Kier molecular flexibility index (Phi) is 11.3. The summed E-state index contributed by atoms with van der Waals surface area (Å²) < 4.78 is 0. The predicted molar refractivity (Wildman–Crippen MR) is 29.3 cm³/mol. The van der Waals surface area contributed by atoms with Crippen LogP contribution in [0.25, 0.3) is 0 Å². The van der Waals surface area contributed by atoms with Crippen molar-refractivity contribution in [1.82, 2.24) is 0 Å². The van der Waals surface area contributed by atoms with Crippen molar-refractivity contribution in [2.45, 2.75) is 0 Å². The smallest absolute Gasteiger partial charge is 0.368 e. The molecule has 0 fully saturated rings.